The lowest BCUT2D eigenvalue weighted by molar-refractivity contribution is -0.120. The Morgan fingerprint density at radius 2 is 2.50 bits per heavy atom. The van der Waals surface area contributed by atoms with E-state index >= 15 is 0 Å². The molecular weight excluding hydrogens is 250 g/mol. The fourth-order valence-corrected chi connectivity index (χ4v) is 1.96. The van der Waals surface area contributed by atoms with Gasteiger partial charge in [0.1, 0.15) is 0 Å². The van der Waals surface area contributed by atoms with E-state index < -0.39 is 0 Å². The molecule has 0 aliphatic rings. The third kappa shape index (κ3) is 3.18. The van der Waals surface area contributed by atoms with E-state index in [1.807, 2.05) is 16.8 Å². The number of aromatic nitrogens is 2. The van der Waals surface area contributed by atoms with Gasteiger partial charge in [0.25, 0.3) is 0 Å². The van der Waals surface area contributed by atoms with Gasteiger partial charge < -0.3 is 9.84 Å². The van der Waals surface area contributed by atoms with E-state index in [0.717, 1.165) is 5.56 Å². The molecule has 0 aliphatic heterocycles. The summed E-state index contributed by atoms with van der Waals surface area (Å²) >= 11 is 1.57. The van der Waals surface area contributed by atoms with Crippen LogP contribution in [0.15, 0.2) is 21.3 Å². The fraction of sp³-hybridized carbons (Fsp3) is 0.250. The van der Waals surface area contributed by atoms with Crippen molar-refractivity contribution in [1.29, 1.82) is 0 Å². The average molecular weight is 261 g/mol. The standard InChI is InChI=1S/C12H11N3O2S/c1-2-6-13-10(16)3-4-11-14-12(15-17-11)9-5-7-18-8-9/h1,5,7-8H,3-4,6H2,(H,13,16). The third-order valence-corrected chi connectivity index (χ3v) is 2.88. The maximum atomic E-state index is 11.3. The fourth-order valence-electron chi connectivity index (χ4n) is 1.32. The number of carbonyl (C=O) groups is 1. The lowest BCUT2D eigenvalue weighted by Gasteiger charge is -1.97. The van der Waals surface area contributed by atoms with Gasteiger partial charge in [-0.3, -0.25) is 4.79 Å². The first-order valence-corrected chi connectivity index (χ1v) is 6.29. The van der Waals surface area contributed by atoms with Crippen molar-refractivity contribution >= 4 is 17.2 Å². The van der Waals surface area contributed by atoms with Crippen LogP contribution in [0.3, 0.4) is 0 Å². The highest BCUT2D eigenvalue weighted by atomic mass is 32.1. The number of nitrogens with one attached hydrogen (secondary N) is 1. The minimum absolute atomic E-state index is 0.122. The first kappa shape index (κ1) is 12.3. The zero-order chi connectivity index (χ0) is 12.8. The van der Waals surface area contributed by atoms with Crippen LogP contribution in [0.2, 0.25) is 0 Å². The average Bonchev–Trinajstić information content (AvgIpc) is 3.03. The molecule has 0 fully saturated rings. The molecule has 0 aliphatic carbocycles. The molecule has 0 radical (unpaired) electrons. The van der Waals surface area contributed by atoms with Crippen molar-refractivity contribution in [2.45, 2.75) is 12.8 Å². The summed E-state index contributed by atoms with van der Waals surface area (Å²) in [4.78, 5) is 15.5. The SMILES string of the molecule is C#CCNC(=O)CCc1nc(-c2ccsc2)no1. The highest BCUT2D eigenvalue weighted by Gasteiger charge is 2.10. The second kappa shape index (κ2) is 5.98. The van der Waals surface area contributed by atoms with Gasteiger partial charge >= 0.3 is 0 Å². The van der Waals surface area contributed by atoms with Gasteiger partial charge in [0.15, 0.2) is 0 Å². The molecule has 1 amide bonds. The molecule has 0 saturated carbocycles. The summed E-state index contributed by atoms with van der Waals surface area (Å²) in [7, 11) is 0. The minimum Gasteiger partial charge on any atom is -0.345 e. The van der Waals surface area contributed by atoms with Crippen molar-refractivity contribution in [3.05, 3.63) is 22.7 Å². The number of rotatable bonds is 5. The lowest BCUT2D eigenvalue weighted by atomic mass is 10.3. The number of hydrogen-bond donors (Lipinski definition) is 1. The van der Waals surface area contributed by atoms with Gasteiger partial charge in [0, 0.05) is 23.8 Å². The van der Waals surface area contributed by atoms with Gasteiger partial charge in [-0.15, -0.1) is 6.42 Å². The van der Waals surface area contributed by atoms with E-state index in [9.17, 15) is 4.79 Å². The number of terminal acetylenes is 1. The van der Waals surface area contributed by atoms with Crippen LogP contribution in [-0.2, 0) is 11.2 Å². The molecule has 0 unspecified atom stereocenters. The molecular formula is C12H11N3O2S. The molecule has 2 rings (SSSR count). The molecule has 1 N–H and O–H groups in total. The quantitative estimate of drug-likeness (QED) is 0.828. The number of amides is 1. The van der Waals surface area contributed by atoms with Gasteiger partial charge in [0.05, 0.1) is 6.54 Å². The van der Waals surface area contributed by atoms with E-state index in [1.165, 1.54) is 0 Å². The van der Waals surface area contributed by atoms with Crippen LogP contribution in [0.25, 0.3) is 11.4 Å². The number of nitrogens with zero attached hydrogens (tertiary/aromatic N) is 2. The van der Waals surface area contributed by atoms with Crippen molar-refractivity contribution in [1.82, 2.24) is 15.5 Å². The molecule has 5 nitrogen and oxygen atoms in total. The Labute approximate surface area is 108 Å². The maximum absolute atomic E-state index is 11.3. The van der Waals surface area contributed by atoms with E-state index in [-0.39, 0.29) is 18.9 Å². The van der Waals surface area contributed by atoms with Crippen LogP contribution in [0.5, 0.6) is 0 Å². The Hall–Kier alpha value is -2.13. The van der Waals surface area contributed by atoms with Crippen LogP contribution in [0.1, 0.15) is 12.3 Å². The smallest absolute Gasteiger partial charge is 0.227 e. The normalized spacial score (nSPS) is 9.94. The Balaban J connectivity index is 1.88. The summed E-state index contributed by atoms with van der Waals surface area (Å²) in [5.41, 5.74) is 0.923. The number of aryl methyl sites for hydroxylation is 1. The first-order chi connectivity index (χ1) is 8.79. The summed E-state index contributed by atoms with van der Waals surface area (Å²) in [6.45, 7) is 0.239. The van der Waals surface area contributed by atoms with Gasteiger partial charge in [-0.1, -0.05) is 11.1 Å². The Kier molecular flexibility index (Phi) is 4.10. The zero-order valence-corrected chi connectivity index (χ0v) is 10.4. The van der Waals surface area contributed by atoms with Crippen LogP contribution >= 0.6 is 11.3 Å². The molecule has 0 aromatic carbocycles. The van der Waals surface area contributed by atoms with E-state index in [4.69, 9.17) is 10.9 Å². The summed E-state index contributed by atoms with van der Waals surface area (Å²) < 4.78 is 5.07. The zero-order valence-electron chi connectivity index (χ0n) is 9.55. The Morgan fingerprint density at radius 3 is 3.22 bits per heavy atom. The minimum atomic E-state index is -0.122. The van der Waals surface area contributed by atoms with Gasteiger partial charge in [-0.05, 0) is 11.4 Å². The topological polar surface area (TPSA) is 68.0 Å². The van der Waals surface area contributed by atoms with E-state index in [2.05, 4.69) is 21.4 Å². The predicted octanol–water partition coefficient (Wildman–Crippen LogP) is 1.48. The third-order valence-electron chi connectivity index (χ3n) is 2.20. The van der Waals surface area contributed by atoms with E-state index in [1.54, 1.807) is 11.3 Å². The van der Waals surface area contributed by atoms with Crippen LogP contribution in [0, 0.1) is 12.3 Å². The number of carbonyl (C=O) groups excluding carboxylic acids is 1. The maximum Gasteiger partial charge on any atom is 0.227 e. The molecule has 6 heteroatoms. The molecule has 18 heavy (non-hydrogen) atoms. The largest absolute Gasteiger partial charge is 0.345 e. The monoisotopic (exact) mass is 261 g/mol. The molecule has 2 heterocycles. The molecule has 2 aromatic heterocycles. The number of thiophene rings is 1. The highest BCUT2D eigenvalue weighted by Crippen LogP contribution is 2.18. The molecule has 92 valence electrons. The highest BCUT2D eigenvalue weighted by molar-refractivity contribution is 7.08. The van der Waals surface area contributed by atoms with Crippen molar-refractivity contribution in [2.75, 3.05) is 6.54 Å². The Bertz CT molecular complexity index is 554. The van der Waals surface area contributed by atoms with Crippen molar-refractivity contribution in [3.63, 3.8) is 0 Å². The molecule has 0 saturated heterocycles. The second-order valence-corrected chi connectivity index (χ2v) is 4.28. The first-order valence-electron chi connectivity index (χ1n) is 5.35. The van der Waals surface area contributed by atoms with E-state index in [0.29, 0.717) is 18.1 Å². The predicted molar refractivity (Wildman–Crippen MR) is 67.8 cm³/mol. The molecule has 0 bridgehead atoms. The van der Waals surface area contributed by atoms with Crippen molar-refractivity contribution in [3.8, 4) is 23.7 Å². The summed E-state index contributed by atoms with van der Waals surface area (Å²) in [6.07, 6.45) is 5.73. The molecule has 0 atom stereocenters. The molecule has 2 aromatic rings. The van der Waals surface area contributed by atoms with Crippen molar-refractivity contribution < 1.29 is 9.32 Å². The lowest BCUT2D eigenvalue weighted by Crippen LogP contribution is -2.23. The summed E-state index contributed by atoms with van der Waals surface area (Å²) in [5, 5.41) is 10.3. The summed E-state index contributed by atoms with van der Waals surface area (Å²) in [6, 6.07) is 1.92. The summed E-state index contributed by atoms with van der Waals surface area (Å²) in [5.74, 6) is 3.22. The van der Waals surface area contributed by atoms with Gasteiger partial charge in [-0.2, -0.15) is 16.3 Å². The Morgan fingerprint density at radius 1 is 1.61 bits per heavy atom. The van der Waals surface area contributed by atoms with Gasteiger partial charge in [0.2, 0.25) is 17.6 Å². The van der Waals surface area contributed by atoms with Crippen molar-refractivity contribution in [2.24, 2.45) is 0 Å². The molecule has 0 spiro atoms. The van der Waals surface area contributed by atoms with Gasteiger partial charge in [-0.25, -0.2) is 0 Å². The van der Waals surface area contributed by atoms with Crippen LogP contribution < -0.4 is 5.32 Å². The second-order valence-electron chi connectivity index (χ2n) is 3.50. The van der Waals surface area contributed by atoms with Crippen LogP contribution in [-0.4, -0.2) is 22.6 Å². The number of hydrogen-bond acceptors (Lipinski definition) is 5. The van der Waals surface area contributed by atoms with Crippen LogP contribution in [0.4, 0.5) is 0 Å².